The second-order valence-electron chi connectivity index (χ2n) is 6.23. The molecule has 0 spiro atoms. The Bertz CT molecular complexity index is 821. The quantitative estimate of drug-likeness (QED) is 0.728. The van der Waals surface area contributed by atoms with E-state index in [0.717, 1.165) is 31.6 Å². The highest BCUT2D eigenvalue weighted by atomic mass is 19.4. The van der Waals surface area contributed by atoms with E-state index in [1.165, 1.54) is 18.2 Å². The van der Waals surface area contributed by atoms with E-state index in [4.69, 9.17) is 9.47 Å². The lowest BCUT2D eigenvalue weighted by atomic mass is 10.2. The van der Waals surface area contributed by atoms with E-state index in [1.54, 1.807) is 13.2 Å². The zero-order chi connectivity index (χ0) is 20.1. The van der Waals surface area contributed by atoms with Gasteiger partial charge in [0, 0.05) is 26.7 Å². The molecule has 150 valence electrons. The first-order valence-electron chi connectivity index (χ1n) is 8.77. The van der Waals surface area contributed by atoms with Gasteiger partial charge in [-0.25, -0.2) is 4.98 Å². The van der Waals surface area contributed by atoms with Gasteiger partial charge in [-0.1, -0.05) is 0 Å². The molecule has 1 aliphatic rings. The molecule has 0 unspecified atom stereocenters. The second-order valence-corrected chi connectivity index (χ2v) is 6.23. The molecule has 0 radical (unpaired) electrons. The van der Waals surface area contributed by atoms with Crippen molar-refractivity contribution in [2.45, 2.75) is 12.6 Å². The first kappa shape index (κ1) is 19.9. The summed E-state index contributed by atoms with van der Waals surface area (Å²) in [5, 5.41) is 2.70. The standard InChI is InChI=1S/C19H20F3N3O3/c1-27-12-9-23-18(26)15-7-8-16(17(24-15)25-10-2-11-25)28-14-5-3-13(4-6-14)19(20,21)22/h3-8H,2,9-12H2,1H3,(H,23,26). The molecule has 0 saturated carbocycles. The topological polar surface area (TPSA) is 63.7 Å². The summed E-state index contributed by atoms with van der Waals surface area (Å²) in [6, 6.07) is 7.56. The summed E-state index contributed by atoms with van der Waals surface area (Å²) in [5.41, 5.74) is -0.512. The largest absolute Gasteiger partial charge is 0.453 e. The fourth-order valence-corrected chi connectivity index (χ4v) is 2.59. The molecule has 1 saturated heterocycles. The molecule has 1 amide bonds. The Morgan fingerprint density at radius 3 is 2.46 bits per heavy atom. The number of halogens is 3. The number of ether oxygens (including phenoxy) is 2. The van der Waals surface area contributed by atoms with Crippen LogP contribution in [0.25, 0.3) is 0 Å². The summed E-state index contributed by atoms with van der Waals surface area (Å²) >= 11 is 0. The van der Waals surface area contributed by atoms with Crippen LogP contribution in [0.3, 0.4) is 0 Å². The van der Waals surface area contributed by atoms with Gasteiger partial charge in [-0.15, -0.1) is 0 Å². The van der Waals surface area contributed by atoms with Gasteiger partial charge >= 0.3 is 6.18 Å². The number of carbonyl (C=O) groups is 1. The highest BCUT2D eigenvalue weighted by molar-refractivity contribution is 5.93. The van der Waals surface area contributed by atoms with Gasteiger partial charge in [0.15, 0.2) is 11.6 Å². The minimum Gasteiger partial charge on any atom is -0.453 e. The van der Waals surface area contributed by atoms with Crippen molar-refractivity contribution in [1.29, 1.82) is 0 Å². The number of aromatic nitrogens is 1. The van der Waals surface area contributed by atoms with Crippen LogP contribution in [0.15, 0.2) is 36.4 Å². The van der Waals surface area contributed by atoms with Crippen molar-refractivity contribution >= 4 is 11.7 Å². The van der Waals surface area contributed by atoms with Crippen LogP contribution in [0.5, 0.6) is 11.5 Å². The van der Waals surface area contributed by atoms with E-state index in [0.29, 0.717) is 24.7 Å². The molecule has 0 aliphatic carbocycles. The maximum absolute atomic E-state index is 12.7. The Morgan fingerprint density at radius 1 is 1.18 bits per heavy atom. The van der Waals surface area contributed by atoms with Crippen LogP contribution in [-0.4, -0.2) is 44.2 Å². The maximum Gasteiger partial charge on any atom is 0.416 e. The highest BCUT2D eigenvalue weighted by Gasteiger charge is 2.30. The molecule has 0 atom stereocenters. The number of hydrogen-bond donors (Lipinski definition) is 1. The smallest absolute Gasteiger partial charge is 0.416 e. The van der Waals surface area contributed by atoms with Crippen molar-refractivity contribution in [3.63, 3.8) is 0 Å². The molecule has 9 heteroatoms. The number of hydrogen-bond acceptors (Lipinski definition) is 5. The minimum absolute atomic E-state index is 0.234. The number of carbonyl (C=O) groups excluding carboxylic acids is 1. The summed E-state index contributed by atoms with van der Waals surface area (Å²) < 4.78 is 48.7. The van der Waals surface area contributed by atoms with Crippen molar-refractivity contribution in [3.05, 3.63) is 47.7 Å². The third-order valence-electron chi connectivity index (χ3n) is 4.23. The lowest BCUT2D eigenvalue weighted by molar-refractivity contribution is -0.137. The molecule has 1 aromatic heterocycles. The third kappa shape index (κ3) is 4.72. The first-order chi connectivity index (χ1) is 13.4. The molecule has 2 aromatic rings. The summed E-state index contributed by atoms with van der Waals surface area (Å²) in [6.07, 6.45) is -3.41. The lowest BCUT2D eigenvalue weighted by Gasteiger charge is -2.33. The Labute approximate surface area is 160 Å². The van der Waals surface area contributed by atoms with Gasteiger partial charge in [-0.3, -0.25) is 4.79 Å². The summed E-state index contributed by atoms with van der Waals surface area (Å²) in [6.45, 7) is 2.29. The second kappa shape index (κ2) is 8.47. The van der Waals surface area contributed by atoms with Crippen LogP contribution in [0.1, 0.15) is 22.5 Å². The van der Waals surface area contributed by atoms with Gasteiger partial charge in [-0.05, 0) is 42.8 Å². The van der Waals surface area contributed by atoms with E-state index >= 15 is 0 Å². The van der Waals surface area contributed by atoms with Crippen LogP contribution in [-0.2, 0) is 10.9 Å². The zero-order valence-electron chi connectivity index (χ0n) is 15.3. The first-order valence-corrected chi connectivity index (χ1v) is 8.77. The highest BCUT2D eigenvalue weighted by Crippen LogP contribution is 2.35. The molecule has 28 heavy (non-hydrogen) atoms. The Kier molecular flexibility index (Phi) is 6.03. The predicted molar refractivity (Wildman–Crippen MR) is 96.8 cm³/mol. The molecular formula is C19H20F3N3O3. The Balaban J connectivity index is 1.79. The molecule has 0 bridgehead atoms. The van der Waals surface area contributed by atoms with Crippen molar-refractivity contribution in [2.75, 3.05) is 38.3 Å². The molecular weight excluding hydrogens is 375 g/mol. The number of amides is 1. The number of rotatable bonds is 7. The lowest BCUT2D eigenvalue weighted by Crippen LogP contribution is -2.38. The minimum atomic E-state index is -4.40. The van der Waals surface area contributed by atoms with Crippen LogP contribution in [0.4, 0.5) is 19.0 Å². The molecule has 1 aliphatic heterocycles. The van der Waals surface area contributed by atoms with E-state index in [1.807, 2.05) is 4.90 Å². The predicted octanol–water partition coefficient (Wildman–Crippen LogP) is 3.48. The van der Waals surface area contributed by atoms with E-state index in [9.17, 15) is 18.0 Å². The normalized spacial score (nSPS) is 13.8. The van der Waals surface area contributed by atoms with Gasteiger partial charge in [-0.2, -0.15) is 13.2 Å². The fraction of sp³-hybridized carbons (Fsp3) is 0.368. The Morgan fingerprint density at radius 2 is 1.89 bits per heavy atom. The zero-order valence-corrected chi connectivity index (χ0v) is 15.3. The van der Waals surface area contributed by atoms with Crippen LogP contribution in [0, 0.1) is 0 Å². The summed E-state index contributed by atoms with van der Waals surface area (Å²) in [7, 11) is 1.54. The van der Waals surface area contributed by atoms with E-state index in [-0.39, 0.29) is 17.4 Å². The maximum atomic E-state index is 12.7. The molecule has 3 rings (SSSR count). The van der Waals surface area contributed by atoms with E-state index < -0.39 is 11.7 Å². The van der Waals surface area contributed by atoms with Gasteiger partial charge < -0.3 is 19.7 Å². The van der Waals surface area contributed by atoms with Gasteiger partial charge in [0.05, 0.1) is 12.2 Å². The monoisotopic (exact) mass is 395 g/mol. The van der Waals surface area contributed by atoms with E-state index in [2.05, 4.69) is 10.3 Å². The number of nitrogens with zero attached hydrogens (tertiary/aromatic N) is 2. The summed E-state index contributed by atoms with van der Waals surface area (Å²) in [5.74, 6) is 0.798. The van der Waals surface area contributed by atoms with Crippen molar-refractivity contribution in [1.82, 2.24) is 10.3 Å². The van der Waals surface area contributed by atoms with Crippen LogP contribution >= 0.6 is 0 Å². The fourth-order valence-electron chi connectivity index (χ4n) is 2.59. The molecule has 6 nitrogen and oxygen atoms in total. The van der Waals surface area contributed by atoms with Crippen molar-refractivity contribution < 1.29 is 27.4 Å². The third-order valence-corrected chi connectivity index (χ3v) is 4.23. The number of benzene rings is 1. The average Bonchev–Trinajstić information content (AvgIpc) is 2.61. The molecule has 1 fully saturated rings. The van der Waals surface area contributed by atoms with Gasteiger partial charge in [0.1, 0.15) is 11.4 Å². The number of alkyl halides is 3. The van der Waals surface area contributed by atoms with Crippen molar-refractivity contribution in [3.8, 4) is 11.5 Å². The van der Waals surface area contributed by atoms with Crippen molar-refractivity contribution in [2.24, 2.45) is 0 Å². The van der Waals surface area contributed by atoms with Crippen LogP contribution < -0.4 is 15.0 Å². The molecule has 1 N–H and O–H groups in total. The average molecular weight is 395 g/mol. The molecule has 2 heterocycles. The summed E-state index contributed by atoms with van der Waals surface area (Å²) in [4.78, 5) is 18.6. The van der Waals surface area contributed by atoms with Gasteiger partial charge in [0.2, 0.25) is 0 Å². The molecule has 1 aromatic carbocycles. The number of nitrogens with one attached hydrogen (secondary N) is 1. The number of pyridine rings is 1. The van der Waals surface area contributed by atoms with Gasteiger partial charge in [0.25, 0.3) is 5.91 Å². The number of methoxy groups -OCH3 is 1. The number of anilines is 1. The SMILES string of the molecule is COCCNC(=O)c1ccc(Oc2ccc(C(F)(F)F)cc2)c(N2CCC2)n1. The van der Waals surface area contributed by atoms with Crippen LogP contribution in [0.2, 0.25) is 0 Å². The Hall–Kier alpha value is -2.81.